The van der Waals surface area contributed by atoms with Crippen LogP contribution in [0, 0.1) is 6.92 Å². The van der Waals surface area contributed by atoms with Gasteiger partial charge in [0.15, 0.2) is 0 Å². The third kappa shape index (κ3) is 2.59. The quantitative estimate of drug-likeness (QED) is 0.737. The Hall–Kier alpha value is -2.39. The fraction of sp³-hybridized carbons (Fsp3) is 0.318. The van der Waals surface area contributed by atoms with E-state index in [2.05, 4.69) is 57.4 Å². The number of aryl methyl sites for hydroxylation is 1. The van der Waals surface area contributed by atoms with Gasteiger partial charge in [-0.1, -0.05) is 36.4 Å². The zero-order valence-corrected chi connectivity index (χ0v) is 14.6. The molecule has 1 fully saturated rings. The second-order valence-corrected chi connectivity index (χ2v) is 7.40. The van der Waals surface area contributed by atoms with Crippen LogP contribution in [0.25, 0.3) is 23.1 Å². The summed E-state index contributed by atoms with van der Waals surface area (Å²) in [5, 5.41) is 1.40. The number of aromatic nitrogens is 2. The van der Waals surface area contributed by atoms with Crippen molar-refractivity contribution < 1.29 is 0 Å². The summed E-state index contributed by atoms with van der Waals surface area (Å²) in [4.78, 5) is 10.8. The smallest absolute Gasteiger partial charge is 0.0533 e. The largest absolute Gasteiger partial charge is 0.357 e. The van der Waals surface area contributed by atoms with E-state index in [0.717, 1.165) is 17.8 Å². The topological polar surface area (TPSA) is 31.9 Å². The van der Waals surface area contributed by atoms with Gasteiger partial charge in [0.1, 0.15) is 0 Å². The number of nitrogens with one attached hydrogen (secondary N) is 1. The van der Waals surface area contributed by atoms with Crippen LogP contribution in [0.5, 0.6) is 0 Å². The van der Waals surface area contributed by atoms with Crippen LogP contribution < -0.4 is 0 Å². The molecule has 3 aliphatic heterocycles. The number of H-pyrrole nitrogens is 1. The zero-order valence-electron chi connectivity index (χ0n) is 14.6. The monoisotopic (exact) mass is 329 g/mol. The highest BCUT2D eigenvalue weighted by atomic mass is 15.1. The van der Waals surface area contributed by atoms with Gasteiger partial charge in [-0.25, -0.2) is 0 Å². The Labute approximate surface area is 148 Å². The zero-order chi connectivity index (χ0) is 16.8. The van der Waals surface area contributed by atoms with E-state index in [9.17, 15) is 0 Å². The number of piperidine rings is 1. The summed E-state index contributed by atoms with van der Waals surface area (Å²) in [5.41, 5.74) is 7.77. The van der Waals surface area contributed by atoms with Gasteiger partial charge in [-0.15, -0.1) is 0 Å². The third-order valence-electron chi connectivity index (χ3n) is 5.77. The first-order valence-corrected chi connectivity index (χ1v) is 9.24. The molecular formula is C22H23N3. The van der Waals surface area contributed by atoms with Gasteiger partial charge in [-0.2, -0.15) is 0 Å². The van der Waals surface area contributed by atoms with Crippen molar-refractivity contribution in [2.75, 3.05) is 13.1 Å². The van der Waals surface area contributed by atoms with Gasteiger partial charge < -0.3 is 4.98 Å². The summed E-state index contributed by atoms with van der Waals surface area (Å²) < 4.78 is 0. The van der Waals surface area contributed by atoms with Crippen LogP contribution in [0.3, 0.4) is 0 Å². The van der Waals surface area contributed by atoms with Gasteiger partial charge in [0.2, 0.25) is 0 Å². The Morgan fingerprint density at radius 3 is 2.80 bits per heavy atom. The van der Waals surface area contributed by atoms with Crippen molar-refractivity contribution in [2.45, 2.75) is 32.2 Å². The Morgan fingerprint density at radius 1 is 1.12 bits per heavy atom. The predicted octanol–water partition coefficient (Wildman–Crippen LogP) is 4.73. The molecule has 1 N–H and O–H groups in total. The van der Waals surface area contributed by atoms with Gasteiger partial charge in [-0.3, -0.25) is 9.88 Å². The minimum absolute atomic E-state index is 0.708. The van der Waals surface area contributed by atoms with Gasteiger partial charge in [0.25, 0.3) is 0 Å². The molecule has 3 heteroatoms. The lowest BCUT2D eigenvalue weighted by molar-refractivity contribution is 0.220. The molecule has 0 aliphatic carbocycles. The first-order chi connectivity index (χ1) is 12.3. The molecule has 0 atom stereocenters. The molecule has 0 amide bonds. The summed E-state index contributed by atoms with van der Waals surface area (Å²) in [6.45, 7) is 5.61. The Kier molecular flexibility index (Phi) is 3.49. The predicted molar refractivity (Wildman–Crippen MR) is 103 cm³/mol. The maximum Gasteiger partial charge on any atom is 0.0533 e. The number of aromatic amines is 1. The normalized spacial score (nSPS) is 22.4. The van der Waals surface area contributed by atoms with E-state index in [0.29, 0.717) is 5.92 Å². The van der Waals surface area contributed by atoms with Gasteiger partial charge in [0, 0.05) is 35.4 Å². The molecule has 0 spiro atoms. The molecule has 126 valence electrons. The third-order valence-corrected chi connectivity index (χ3v) is 5.77. The van der Waals surface area contributed by atoms with E-state index in [1.54, 1.807) is 0 Å². The molecule has 3 aliphatic rings. The number of para-hydroxylation sites is 1. The molecule has 6 rings (SSSR count). The highest BCUT2D eigenvalue weighted by Gasteiger charge is 2.30. The number of nitrogens with zero attached hydrogens (tertiary/aromatic N) is 2. The van der Waals surface area contributed by atoms with Crippen molar-refractivity contribution in [1.82, 2.24) is 14.9 Å². The second kappa shape index (κ2) is 5.85. The van der Waals surface area contributed by atoms with Gasteiger partial charge in [-0.05, 0) is 55.6 Å². The first-order valence-electron chi connectivity index (χ1n) is 9.24. The first kappa shape index (κ1) is 14.9. The van der Waals surface area contributed by atoms with Crippen molar-refractivity contribution in [1.29, 1.82) is 0 Å². The fourth-order valence-electron chi connectivity index (χ4n) is 4.34. The van der Waals surface area contributed by atoms with E-state index < -0.39 is 0 Å². The fourth-order valence-corrected chi connectivity index (χ4v) is 4.34. The van der Waals surface area contributed by atoms with Crippen LogP contribution in [0.1, 0.15) is 46.8 Å². The molecule has 0 radical (unpaired) electrons. The lowest BCUT2D eigenvalue weighted by Crippen LogP contribution is -2.29. The summed E-state index contributed by atoms with van der Waals surface area (Å²) in [5.74, 6) is 0.708. The van der Waals surface area contributed by atoms with E-state index >= 15 is 0 Å². The van der Waals surface area contributed by atoms with Crippen LogP contribution >= 0.6 is 0 Å². The summed E-state index contributed by atoms with van der Waals surface area (Å²) in [6.07, 6.45) is 8.88. The highest BCUT2D eigenvalue weighted by molar-refractivity contribution is 5.93. The maximum absolute atomic E-state index is 4.38. The summed E-state index contributed by atoms with van der Waals surface area (Å²) >= 11 is 0. The van der Waals surface area contributed by atoms with E-state index in [1.165, 1.54) is 53.7 Å². The molecule has 1 aromatic carbocycles. The van der Waals surface area contributed by atoms with E-state index in [4.69, 9.17) is 0 Å². The SMILES string of the molecule is Cc1ccc(/C=C\c2cccc3c4c([nH]c23)C2CCN(CC2)C4)cn1. The summed E-state index contributed by atoms with van der Waals surface area (Å²) in [6, 6.07) is 10.8. The molecule has 5 heterocycles. The maximum atomic E-state index is 4.38. The Balaban J connectivity index is 1.58. The minimum Gasteiger partial charge on any atom is -0.357 e. The van der Waals surface area contributed by atoms with Crippen LogP contribution in [0.4, 0.5) is 0 Å². The Morgan fingerprint density at radius 2 is 2.00 bits per heavy atom. The van der Waals surface area contributed by atoms with Crippen LogP contribution in [-0.4, -0.2) is 28.0 Å². The lowest BCUT2D eigenvalue weighted by atomic mass is 9.94. The molecule has 2 aromatic heterocycles. The van der Waals surface area contributed by atoms with E-state index in [-0.39, 0.29) is 0 Å². The molecular weight excluding hydrogens is 306 g/mol. The summed E-state index contributed by atoms with van der Waals surface area (Å²) in [7, 11) is 0. The van der Waals surface area contributed by atoms with Crippen LogP contribution in [0.2, 0.25) is 0 Å². The molecule has 2 bridgehead atoms. The Bertz CT molecular complexity index is 941. The molecule has 0 unspecified atom stereocenters. The van der Waals surface area contributed by atoms with Crippen molar-refractivity contribution in [2.24, 2.45) is 0 Å². The van der Waals surface area contributed by atoms with Gasteiger partial charge >= 0.3 is 0 Å². The minimum atomic E-state index is 0.708. The average molecular weight is 329 g/mol. The molecule has 0 saturated carbocycles. The average Bonchev–Trinajstić information content (AvgIpc) is 2.82. The second-order valence-electron chi connectivity index (χ2n) is 7.40. The highest BCUT2D eigenvalue weighted by Crippen LogP contribution is 2.39. The number of fused-ring (bicyclic) bond motifs is 3. The molecule has 25 heavy (non-hydrogen) atoms. The standard InChI is InChI=1S/C22H23N3/c1-15-5-6-16(13-23-15)7-8-17-3-2-4-19-20-14-25-11-9-18(10-12-25)22(20)24-21(17)19/h2-8,13,18,24H,9-12,14H2,1H3/b8-7-. The number of benzene rings is 1. The number of hydrogen-bond donors (Lipinski definition) is 1. The van der Waals surface area contributed by atoms with Gasteiger partial charge in [0.05, 0.1) is 5.52 Å². The molecule has 3 nitrogen and oxygen atoms in total. The van der Waals surface area contributed by atoms with Crippen molar-refractivity contribution in [3.8, 4) is 0 Å². The van der Waals surface area contributed by atoms with Crippen molar-refractivity contribution in [3.63, 3.8) is 0 Å². The van der Waals surface area contributed by atoms with Crippen molar-refractivity contribution >= 4 is 23.1 Å². The van der Waals surface area contributed by atoms with Crippen LogP contribution in [0.15, 0.2) is 36.5 Å². The van der Waals surface area contributed by atoms with E-state index in [1.807, 2.05) is 13.1 Å². The van der Waals surface area contributed by atoms with Crippen LogP contribution in [-0.2, 0) is 6.54 Å². The number of hydrogen-bond acceptors (Lipinski definition) is 2. The lowest BCUT2D eigenvalue weighted by Gasteiger charge is -2.26. The molecule has 3 aromatic rings. The number of rotatable bonds is 2. The number of pyridine rings is 1. The van der Waals surface area contributed by atoms with Crippen molar-refractivity contribution in [3.05, 3.63) is 64.6 Å². The molecule has 1 saturated heterocycles.